The summed E-state index contributed by atoms with van der Waals surface area (Å²) in [5.41, 5.74) is 1.08. The Hall–Kier alpha value is -2.43. The highest BCUT2D eigenvalue weighted by molar-refractivity contribution is 5.87. The molecule has 1 atom stereocenters. The van der Waals surface area contributed by atoms with E-state index in [-0.39, 0.29) is 11.6 Å². The Labute approximate surface area is 105 Å². The van der Waals surface area contributed by atoms with Crippen molar-refractivity contribution in [2.24, 2.45) is 0 Å². The van der Waals surface area contributed by atoms with Gasteiger partial charge in [0.25, 0.3) is 0 Å². The van der Waals surface area contributed by atoms with Crippen LogP contribution >= 0.6 is 0 Å². The Kier molecular flexibility index (Phi) is 3.52. The van der Waals surface area contributed by atoms with Crippen molar-refractivity contribution in [3.8, 4) is 0 Å². The number of nitrogens with zero attached hydrogens (tertiary/aromatic N) is 2. The summed E-state index contributed by atoms with van der Waals surface area (Å²) in [5, 5.41) is 11.9. The molecule has 92 valence electrons. The lowest BCUT2D eigenvalue weighted by Gasteiger charge is -2.13. The van der Waals surface area contributed by atoms with Gasteiger partial charge in [0.2, 0.25) is 0 Å². The maximum Gasteiger partial charge on any atom is 0.337 e. The number of aromatic carboxylic acids is 1. The zero-order valence-corrected chi connectivity index (χ0v) is 9.87. The van der Waals surface area contributed by atoms with E-state index in [0.29, 0.717) is 5.82 Å². The fourth-order valence-electron chi connectivity index (χ4n) is 1.53. The number of carboxylic acid groups (broad SMARTS) is 1. The van der Waals surface area contributed by atoms with Crippen LogP contribution in [0.3, 0.4) is 0 Å². The van der Waals surface area contributed by atoms with Crippen molar-refractivity contribution < 1.29 is 9.90 Å². The maximum absolute atomic E-state index is 10.7. The van der Waals surface area contributed by atoms with Gasteiger partial charge in [-0.25, -0.2) is 9.78 Å². The van der Waals surface area contributed by atoms with E-state index < -0.39 is 5.97 Å². The van der Waals surface area contributed by atoms with Crippen molar-refractivity contribution in [1.29, 1.82) is 0 Å². The van der Waals surface area contributed by atoms with E-state index in [1.807, 2.05) is 25.1 Å². The second kappa shape index (κ2) is 5.27. The number of hydrogen-bond acceptors (Lipinski definition) is 4. The third-order valence-electron chi connectivity index (χ3n) is 2.51. The monoisotopic (exact) mass is 243 g/mol. The standard InChI is InChI=1S/C13H13N3O2/c1-9(11-4-2-3-7-14-11)16-12-6-5-10(8-15-12)13(17)18/h2-9H,1H3,(H,15,16)(H,17,18). The number of carbonyl (C=O) groups is 1. The molecule has 2 rings (SSSR count). The molecule has 0 bridgehead atoms. The molecule has 0 spiro atoms. The molecule has 0 amide bonds. The van der Waals surface area contributed by atoms with E-state index in [1.165, 1.54) is 12.3 Å². The van der Waals surface area contributed by atoms with Crippen LogP contribution in [0.15, 0.2) is 42.7 Å². The van der Waals surface area contributed by atoms with Gasteiger partial charge in [0.1, 0.15) is 5.82 Å². The molecule has 0 aliphatic heterocycles. The lowest BCUT2D eigenvalue weighted by molar-refractivity contribution is 0.0696. The number of rotatable bonds is 4. The number of anilines is 1. The second-order valence-electron chi connectivity index (χ2n) is 3.86. The molecule has 1 unspecified atom stereocenters. The van der Waals surface area contributed by atoms with Gasteiger partial charge >= 0.3 is 5.97 Å². The minimum Gasteiger partial charge on any atom is -0.478 e. The first-order chi connectivity index (χ1) is 8.66. The van der Waals surface area contributed by atoms with Crippen molar-refractivity contribution in [2.75, 3.05) is 5.32 Å². The molecule has 2 aromatic rings. The van der Waals surface area contributed by atoms with Gasteiger partial charge in [-0.3, -0.25) is 4.98 Å². The van der Waals surface area contributed by atoms with Crippen LogP contribution in [0.4, 0.5) is 5.82 Å². The van der Waals surface area contributed by atoms with Crippen LogP contribution in [0.5, 0.6) is 0 Å². The minimum atomic E-state index is -0.980. The molecule has 0 radical (unpaired) electrons. The van der Waals surface area contributed by atoms with Crippen LogP contribution in [-0.2, 0) is 0 Å². The van der Waals surface area contributed by atoms with Crippen LogP contribution in [0, 0.1) is 0 Å². The summed E-state index contributed by atoms with van der Waals surface area (Å²) in [4.78, 5) is 19.0. The van der Waals surface area contributed by atoms with E-state index in [2.05, 4.69) is 15.3 Å². The Morgan fingerprint density at radius 1 is 1.28 bits per heavy atom. The number of hydrogen-bond donors (Lipinski definition) is 2. The average Bonchev–Trinajstić information content (AvgIpc) is 2.40. The highest BCUT2D eigenvalue weighted by Crippen LogP contribution is 2.15. The Balaban J connectivity index is 2.08. The molecule has 0 fully saturated rings. The third kappa shape index (κ3) is 2.82. The minimum absolute atomic E-state index is 0.00868. The second-order valence-corrected chi connectivity index (χ2v) is 3.86. The first-order valence-corrected chi connectivity index (χ1v) is 5.53. The highest BCUT2D eigenvalue weighted by atomic mass is 16.4. The van der Waals surface area contributed by atoms with Gasteiger partial charge in [0.05, 0.1) is 17.3 Å². The summed E-state index contributed by atoms with van der Waals surface area (Å²) < 4.78 is 0. The molecule has 0 aromatic carbocycles. The zero-order valence-electron chi connectivity index (χ0n) is 9.87. The lowest BCUT2D eigenvalue weighted by Crippen LogP contribution is -2.09. The van der Waals surface area contributed by atoms with E-state index in [1.54, 1.807) is 12.3 Å². The first-order valence-electron chi connectivity index (χ1n) is 5.53. The predicted octanol–water partition coefficient (Wildman–Crippen LogP) is 2.35. The first kappa shape index (κ1) is 12.0. The van der Waals surface area contributed by atoms with Crippen molar-refractivity contribution in [3.05, 3.63) is 54.0 Å². The van der Waals surface area contributed by atoms with Crippen molar-refractivity contribution in [3.63, 3.8) is 0 Å². The fraction of sp³-hybridized carbons (Fsp3) is 0.154. The van der Waals surface area contributed by atoms with E-state index in [4.69, 9.17) is 5.11 Å². The van der Waals surface area contributed by atoms with Crippen LogP contribution in [0.2, 0.25) is 0 Å². The molecule has 0 saturated heterocycles. The summed E-state index contributed by atoms with van der Waals surface area (Å²) >= 11 is 0. The van der Waals surface area contributed by atoms with E-state index >= 15 is 0 Å². The molecular formula is C13H13N3O2. The lowest BCUT2D eigenvalue weighted by atomic mass is 10.2. The summed E-state index contributed by atoms with van der Waals surface area (Å²) in [6.45, 7) is 1.97. The summed E-state index contributed by atoms with van der Waals surface area (Å²) in [7, 11) is 0. The quantitative estimate of drug-likeness (QED) is 0.862. The van der Waals surface area contributed by atoms with Crippen molar-refractivity contribution in [2.45, 2.75) is 13.0 Å². The zero-order chi connectivity index (χ0) is 13.0. The van der Waals surface area contributed by atoms with E-state index in [9.17, 15) is 4.79 Å². The molecule has 2 heterocycles. The normalized spacial score (nSPS) is 11.8. The van der Waals surface area contributed by atoms with Gasteiger partial charge in [-0.15, -0.1) is 0 Å². The molecule has 5 heteroatoms. The van der Waals surface area contributed by atoms with Gasteiger partial charge in [-0.2, -0.15) is 0 Å². The van der Waals surface area contributed by atoms with Crippen LogP contribution < -0.4 is 5.32 Å². The van der Waals surface area contributed by atoms with Crippen molar-refractivity contribution in [1.82, 2.24) is 9.97 Å². The molecule has 18 heavy (non-hydrogen) atoms. The summed E-state index contributed by atoms with van der Waals surface area (Å²) in [6, 6.07) is 8.86. The Morgan fingerprint density at radius 2 is 2.11 bits per heavy atom. The van der Waals surface area contributed by atoms with Gasteiger partial charge < -0.3 is 10.4 Å². The molecule has 2 N–H and O–H groups in total. The van der Waals surface area contributed by atoms with Gasteiger partial charge in [0.15, 0.2) is 0 Å². The van der Waals surface area contributed by atoms with Gasteiger partial charge in [-0.05, 0) is 31.2 Å². The average molecular weight is 243 g/mol. The SMILES string of the molecule is CC(Nc1ccc(C(=O)O)cn1)c1ccccn1. The number of pyridine rings is 2. The molecule has 0 saturated carbocycles. The topological polar surface area (TPSA) is 75.1 Å². The van der Waals surface area contributed by atoms with Gasteiger partial charge in [0, 0.05) is 12.4 Å². The third-order valence-corrected chi connectivity index (χ3v) is 2.51. The summed E-state index contributed by atoms with van der Waals surface area (Å²) in [6.07, 6.45) is 3.06. The van der Waals surface area contributed by atoms with Crippen molar-refractivity contribution >= 4 is 11.8 Å². The Bertz CT molecular complexity index is 526. The summed E-state index contributed by atoms with van der Waals surface area (Å²) in [5.74, 6) is -0.357. The van der Waals surface area contributed by atoms with Crippen LogP contribution in [0.25, 0.3) is 0 Å². The fourth-order valence-corrected chi connectivity index (χ4v) is 1.53. The largest absolute Gasteiger partial charge is 0.478 e. The molecule has 0 aliphatic carbocycles. The molecule has 5 nitrogen and oxygen atoms in total. The predicted molar refractivity (Wildman–Crippen MR) is 67.5 cm³/mol. The number of nitrogens with one attached hydrogen (secondary N) is 1. The molecule has 2 aromatic heterocycles. The van der Waals surface area contributed by atoms with Crippen LogP contribution in [-0.4, -0.2) is 21.0 Å². The van der Waals surface area contributed by atoms with E-state index in [0.717, 1.165) is 5.69 Å². The smallest absolute Gasteiger partial charge is 0.337 e. The maximum atomic E-state index is 10.7. The number of aromatic nitrogens is 2. The molecular weight excluding hydrogens is 230 g/mol. The number of carboxylic acids is 1. The molecule has 0 aliphatic rings. The van der Waals surface area contributed by atoms with Gasteiger partial charge in [-0.1, -0.05) is 6.07 Å². The Morgan fingerprint density at radius 3 is 2.67 bits per heavy atom. The van der Waals surface area contributed by atoms with Crippen LogP contribution in [0.1, 0.15) is 29.0 Å². The highest BCUT2D eigenvalue weighted by Gasteiger charge is 2.07.